The Morgan fingerprint density at radius 1 is 1.21 bits per heavy atom. The minimum atomic E-state index is -1.55. The van der Waals surface area contributed by atoms with Crippen LogP contribution in [0.1, 0.15) is 39.0 Å². The number of thioether (sulfide) groups is 1. The molecule has 13 nitrogen and oxygen atoms in total. The lowest BCUT2D eigenvalue weighted by atomic mass is 10.1. The number of amides is 3. The summed E-state index contributed by atoms with van der Waals surface area (Å²) in [6.07, 6.45) is 2.49. The Morgan fingerprint density at radius 2 is 1.88 bits per heavy atom. The summed E-state index contributed by atoms with van der Waals surface area (Å²) in [6.45, 7) is 1.81. The summed E-state index contributed by atoms with van der Waals surface area (Å²) in [5.41, 5.74) is 16.6. The third-order valence-electron chi connectivity index (χ3n) is 5.41. The molecule has 1 aliphatic heterocycles. The van der Waals surface area contributed by atoms with Crippen LogP contribution in [-0.4, -0.2) is 100 Å². The van der Waals surface area contributed by atoms with Gasteiger partial charge in [0.25, 0.3) is 0 Å². The maximum Gasteiger partial charge on any atom is 0.328 e. The molecule has 1 heterocycles. The summed E-state index contributed by atoms with van der Waals surface area (Å²) in [6, 6.07) is -4.18. The van der Waals surface area contributed by atoms with Crippen molar-refractivity contribution < 1.29 is 29.4 Å². The minimum absolute atomic E-state index is 0.106. The topological polar surface area (TPSA) is 226 Å². The predicted molar refractivity (Wildman–Crippen MR) is 129 cm³/mol. The number of aliphatic hydroxyl groups excluding tert-OH is 1. The zero-order valence-electron chi connectivity index (χ0n) is 19.6. The highest BCUT2D eigenvalue weighted by atomic mass is 32.2. The maximum atomic E-state index is 13.0. The third kappa shape index (κ3) is 9.35. The van der Waals surface area contributed by atoms with Gasteiger partial charge in [0.05, 0.1) is 12.1 Å². The van der Waals surface area contributed by atoms with Gasteiger partial charge in [-0.05, 0) is 51.0 Å². The average Bonchev–Trinajstić information content (AvgIpc) is 3.26. The SMILES string of the molecule is CSCCC(N)C(=O)N1CCCC1C(=O)NC(CCCN=C(N)N)C(=O)NC(C(=O)O)C(C)O. The van der Waals surface area contributed by atoms with Crippen LogP contribution in [0.5, 0.6) is 0 Å². The van der Waals surface area contributed by atoms with E-state index in [2.05, 4.69) is 15.6 Å². The minimum Gasteiger partial charge on any atom is -0.480 e. The number of carboxylic acids is 1. The smallest absolute Gasteiger partial charge is 0.328 e. The van der Waals surface area contributed by atoms with Crippen molar-refractivity contribution in [3.63, 3.8) is 0 Å². The molecule has 194 valence electrons. The molecular weight excluding hydrogens is 466 g/mol. The number of carboxylic acid groups (broad SMARTS) is 1. The van der Waals surface area contributed by atoms with E-state index in [0.29, 0.717) is 38.0 Å². The number of carbonyl (C=O) groups excluding carboxylic acids is 3. The van der Waals surface area contributed by atoms with Gasteiger partial charge in [-0.2, -0.15) is 11.8 Å². The summed E-state index contributed by atoms with van der Waals surface area (Å²) in [5, 5.41) is 23.8. The van der Waals surface area contributed by atoms with Crippen molar-refractivity contribution in [1.29, 1.82) is 0 Å². The molecular formula is C20H37N7O6S. The molecule has 1 aliphatic rings. The number of carbonyl (C=O) groups is 4. The Bertz CT molecular complexity index is 747. The van der Waals surface area contributed by atoms with E-state index in [1.807, 2.05) is 6.26 Å². The molecule has 0 aliphatic carbocycles. The van der Waals surface area contributed by atoms with Crippen LogP contribution < -0.4 is 27.8 Å². The van der Waals surface area contributed by atoms with Crippen LogP contribution in [0.25, 0.3) is 0 Å². The third-order valence-corrected chi connectivity index (χ3v) is 6.06. The van der Waals surface area contributed by atoms with Crippen LogP contribution in [0.2, 0.25) is 0 Å². The second kappa shape index (κ2) is 14.6. The largest absolute Gasteiger partial charge is 0.480 e. The van der Waals surface area contributed by atoms with Crippen LogP contribution in [0, 0.1) is 0 Å². The normalized spacial score (nSPS) is 18.9. The number of nitrogens with two attached hydrogens (primary N) is 3. The van der Waals surface area contributed by atoms with E-state index in [0.717, 1.165) is 0 Å². The molecule has 1 fully saturated rings. The van der Waals surface area contributed by atoms with Gasteiger partial charge in [0.15, 0.2) is 12.0 Å². The molecule has 14 heteroatoms. The highest BCUT2D eigenvalue weighted by molar-refractivity contribution is 7.98. The first-order valence-electron chi connectivity index (χ1n) is 11.1. The van der Waals surface area contributed by atoms with Gasteiger partial charge in [-0.15, -0.1) is 0 Å². The summed E-state index contributed by atoms with van der Waals surface area (Å²) in [5.74, 6) is -2.46. The zero-order chi connectivity index (χ0) is 25.8. The molecule has 0 aromatic heterocycles. The summed E-state index contributed by atoms with van der Waals surface area (Å²) in [7, 11) is 0. The Morgan fingerprint density at radius 3 is 2.44 bits per heavy atom. The van der Waals surface area contributed by atoms with Crippen LogP contribution in [0.15, 0.2) is 4.99 Å². The van der Waals surface area contributed by atoms with E-state index >= 15 is 0 Å². The van der Waals surface area contributed by atoms with E-state index < -0.39 is 48.1 Å². The highest BCUT2D eigenvalue weighted by Gasteiger charge is 2.38. The van der Waals surface area contributed by atoms with Crippen molar-refractivity contribution >= 4 is 41.4 Å². The molecule has 0 aromatic carbocycles. The number of guanidine groups is 1. The van der Waals surface area contributed by atoms with E-state index in [9.17, 15) is 29.4 Å². The number of hydrogen-bond donors (Lipinski definition) is 7. The Hall–Kier alpha value is -2.58. The van der Waals surface area contributed by atoms with Crippen molar-refractivity contribution in [2.75, 3.05) is 25.1 Å². The van der Waals surface area contributed by atoms with Crippen molar-refractivity contribution in [3.05, 3.63) is 0 Å². The molecule has 1 saturated heterocycles. The molecule has 5 unspecified atom stereocenters. The molecule has 0 bridgehead atoms. The Labute approximate surface area is 203 Å². The zero-order valence-corrected chi connectivity index (χ0v) is 20.4. The predicted octanol–water partition coefficient (Wildman–Crippen LogP) is -2.45. The number of nitrogens with zero attached hydrogens (tertiary/aromatic N) is 2. The summed E-state index contributed by atoms with van der Waals surface area (Å²) < 4.78 is 0. The molecule has 0 aromatic rings. The second-order valence-electron chi connectivity index (χ2n) is 8.15. The Kier molecular flexibility index (Phi) is 12.7. The van der Waals surface area contributed by atoms with E-state index in [1.54, 1.807) is 11.8 Å². The molecule has 0 radical (unpaired) electrons. The molecule has 10 N–H and O–H groups in total. The van der Waals surface area contributed by atoms with Gasteiger partial charge in [0, 0.05) is 13.1 Å². The number of aliphatic hydroxyl groups is 1. The first-order valence-corrected chi connectivity index (χ1v) is 12.5. The molecule has 1 rings (SSSR count). The number of likely N-dealkylation sites (tertiary alicyclic amines) is 1. The van der Waals surface area contributed by atoms with Crippen LogP contribution in [0.4, 0.5) is 0 Å². The monoisotopic (exact) mass is 503 g/mol. The Balaban J connectivity index is 2.93. The number of aliphatic imine (C=N–C) groups is 1. The van der Waals surface area contributed by atoms with Crippen LogP contribution >= 0.6 is 11.8 Å². The molecule has 34 heavy (non-hydrogen) atoms. The van der Waals surface area contributed by atoms with Crippen molar-refractivity contribution in [2.24, 2.45) is 22.2 Å². The van der Waals surface area contributed by atoms with Crippen molar-refractivity contribution in [1.82, 2.24) is 15.5 Å². The van der Waals surface area contributed by atoms with Gasteiger partial charge in [-0.3, -0.25) is 19.4 Å². The number of hydrogen-bond acceptors (Lipinski definition) is 8. The highest BCUT2D eigenvalue weighted by Crippen LogP contribution is 2.19. The van der Waals surface area contributed by atoms with Gasteiger partial charge < -0.3 is 42.9 Å². The molecule has 0 saturated carbocycles. The fourth-order valence-electron chi connectivity index (χ4n) is 3.57. The molecule has 3 amide bonds. The van der Waals surface area contributed by atoms with Crippen LogP contribution in [0.3, 0.4) is 0 Å². The van der Waals surface area contributed by atoms with Gasteiger partial charge in [0.2, 0.25) is 17.7 Å². The van der Waals surface area contributed by atoms with E-state index in [1.165, 1.54) is 11.8 Å². The van der Waals surface area contributed by atoms with Crippen molar-refractivity contribution in [2.45, 2.75) is 69.3 Å². The lowest BCUT2D eigenvalue weighted by Crippen LogP contribution is -2.57. The number of aliphatic carboxylic acids is 1. The second-order valence-corrected chi connectivity index (χ2v) is 9.14. The lowest BCUT2D eigenvalue weighted by Gasteiger charge is -2.29. The quantitative estimate of drug-likeness (QED) is 0.0751. The van der Waals surface area contributed by atoms with Gasteiger partial charge in [0.1, 0.15) is 12.1 Å². The molecule has 5 atom stereocenters. The maximum absolute atomic E-state index is 13.0. The first kappa shape index (κ1) is 29.5. The van der Waals surface area contributed by atoms with E-state index in [4.69, 9.17) is 17.2 Å². The van der Waals surface area contributed by atoms with E-state index in [-0.39, 0.29) is 24.8 Å². The van der Waals surface area contributed by atoms with Gasteiger partial charge >= 0.3 is 5.97 Å². The van der Waals surface area contributed by atoms with Gasteiger partial charge in [-0.25, -0.2) is 4.79 Å². The van der Waals surface area contributed by atoms with Crippen LogP contribution in [-0.2, 0) is 19.2 Å². The summed E-state index contributed by atoms with van der Waals surface area (Å²) >= 11 is 1.57. The fourth-order valence-corrected chi connectivity index (χ4v) is 4.06. The average molecular weight is 504 g/mol. The first-order chi connectivity index (χ1) is 16.0. The number of nitrogens with one attached hydrogen (secondary N) is 2. The van der Waals surface area contributed by atoms with Gasteiger partial charge in [-0.1, -0.05) is 0 Å². The van der Waals surface area contributed by atoms with Crippen molar-refractivity contribution in [3.8, 4) is 0 Å². The fraction of sp³-hybridized carbons (Fsp3) is 0.750. The standard InChI is InChI=1S/C20H37N7O6S/c1-11(28)15(19(32)33)26-16(29)13(5-3-8-24-20(22)23)25-17(30)14-6-4-9-27(14)18(31)12(21)7-10-34-2/h11-15,28H,3-10,21H2,1-2H3,(H,25,30)(H,26,29)(H,32,33)(H4,22,23,24). The number of rotatable bonds is 14. The molecule has 0 spiro atoms. The summed E-state index contributed by atoms with van der Waals surface area (Å²) in [4.78, 5) is 55.2. The lowest BCUT2D eigenvalue weighted by molar-refractivity contribution is -0.145.